The minimum atomic E-state index is 0.0269. The van der Waals surface area contributed by atoms with Crippen LogP contribution in [0.4, 0.5) is 11.4 Å². The van der Waals surface area contributed by atoms with Gasteiger partial charge in [0, 0.05) is 4.47 Å². The summed E-state index contributed by atoms with van der Waals surface area (Å²) in [6.45, 7) is 0. The number of benzene rings is 1. The molecule has 0 saturated heterocycles. The topological polar surface area (TPSA) is 80.2 Å². The quantitative estimate of drug-likeness (QED) is 0.384. The van der Waals surface area contributed by atoms with Gasteiger partial charge >= 0.3 is 0 Å². The van der Waals surface area contributed by atoms with E-state index in [9.17, 15) is 4.91 Å². The number of nitrogens with zero attached hydrogens (tertiary/aromatic N) is 3. The second kappa shape index (κ2) is 4.29. The SMILES string of the molecule is NN=Nc1cc(Br)cc(Cl)c1N=O. The number of rotatable bonds is 2. The molecule has 0 radical (unpaired) electrons. The van der Waals surface area contributed by atoms with Crippen LogP contribution < -0.4 is 5.84 Å². The molecule has 0 aliphatic carbocycles. The summed E-state index contributed by atoms with van der Waals surface area (Å²) in [5.74, 6) is 4.84. The zero-order valence-electron chi connectivity index (χ0n) is 6.24. The molecule has 0 saturated carbocycles. The first kappa shape index (κ1) is 10.1. The van der Waals surface area contributed by atoms with E-state index in [4.69, 9.17) is 17.4 Å². The maximum atomic E-state index is 10.3. The van der Waals surface area contributed by atoms with Crippen molar-refractivity contribution in [1.29, 1.82) is 0 Å². The molecule has 1 rings (SSSR count). The summed E-state index contributed by atoms with van der Waals surface area (Å²) in [4.78, 5) is 10.3. The lowest BCUT2D eigenvalue weighted by atomic mass is 10.3. The molecule has 0 atom stereocenters. The first-order valence-corrected chi connectivity index (χ1v) is 4.29. The van der Waals surface area contributed by atoms with E-state index in [1.54, 1.807) is 6.07 Å². The fraction of sp³-hybridized carbons (Fsp3) is 0. The lowest BCUT2D eigenvalue weighted by molar-refractivity contribution is 1.06. The summed E-state index contributed by atoms with van der Waals surface area (Å²) in [6.07, 6.45) is 0. The summed E-state index contributed by atoms with van der Waals surface area (Å²) < 4.78 is 0.673. The molecule has 1 aromatic carbocycles. The second-order valence-electron chi connectivity index (χ2n) is 2.06. The molecule has 68 valence electrons. The number of hydrogen-bond acceptors (Lipinski definition) is 4. The van der Waals surface area contributed by atoms with Crippen LogP contribution in [0.2, 0.25) is 5.02 Å². The summed E-state index contributed by atoms with van der Waals surface area (Å²) in [7, 11) is 0. The molecule has 0 bridgehead atoms. The largest absolute Gasteiger partial charge is 0.305 e. The van der Waals surface area contributed by atoms with Gasteiger partial charge < -0.3 is 5.84 Å². The molecule has 0 unspecified atom stereocenters. The molecule has 0 heterocycles. The van der Waals surface area contributed by atoms with E-state index in [0.717, 1.165) is 0 Å². The van der Waals surface area contributed by atoms with Crippen LogP contribution in [-0.2, 0) is 0 Å². The molecule has 0 aliphatic rings. The van der Waals surface area contributed by atoms with Crippen molar-refractivity contribution >= 4 is 38.9 Å². The van der Waals surface area contributed by atoms with E-state index in [1.807, 2.05) is 0 Å². The lowest BCUT2D eigenvalue weighted by Gasteiger charge is -1.99. The van der Waals surface area contributed by atoms with Crippen LogP contribution in [0, 0.1) is 4.91 Å². The molecule has 1 aromatic rings. The molecule has 0 aliphatic heterocycles. The van der Waals surface area contributed by atoms with Gasteiger partial charge in [0.25, 0.3) is 0 Å². The van der Waals surface area contributed by atoms with Gasteiger partial charge in [0.1, 0.15) is 5.69 Å². The van der Waals surface area contributed by atoms with Gasteiger partial charge in [-0.2, -0.15) is 0 Å². The van der Waals surface area contributed by atoms with Crippen molar-refractivity contribution in [1.82, 2.24) is 0 Å². The summed E-state index contributed by atoms with van der Waals surface area (Å²) in [5, 5.41) is 9.46. The van der Waals surface area contributed by atoms with E-state index < -0.39 is 0 Å². The van der Waals surface area contributed by atoms with Crippen LogP contribution in [0.15, 0.2) is 32.1 Å². The predicted molar refractivity (Wildman–Crippen MR) is 53.3 cm³/mol. The van der Waals surface area contributed by atoms with Crippen LogP contribution in [0.1, 0.15) is 0 Å². The average molecular weight is 263 g/mol. The van der Waals surface area contributed by atoms with Crippen LogP contribution in [0.3, 0.4) is 0 Å². The second-order valence-corrected chi connectivity index (χ2v) is 3.38. The highest BCUT2D eigenvalue weighted by Crippen LogP contribution is 2.38. The van der Waals surface area contributed by atoms with Gasteiger partial charge in [-0.3, -0.25) is 0 Å². The fourth-order valence-corrected chi connectivity index (χ4v) is 1.61. The Morgan fingerprint density at radius 3 is 2.69 bits per heavy atom. The van der Waals surface area contributed by atoms with Crippen molar-refractivity contribution in [2.75, 3.05) is 0 Å². The standard InChI is InChI=1S/C6H4BrClN4O/c7-3-1-4(8)6(11-13)5(2-3)10-12-9/h1-2H,(H2,9,10). The molecular formula is C6H4BrClN4O. The zero-order chi connectivity index (χ0) is 9.84. The number of hydrogen-bond donors (Lipinski definition) is 1. The summed E-state index contributed by atoms with van der Waals surface area (Å²) in [6, 6.07) is 3.08. The Kier molecular flexibility index (Phi) is 3.32. The van der Waals surface area contributed by atoms with E-state index >= 15 is 0 Å². The van der Waals surface area contributed by atoms with Gasteiger partial charge in [0.15, 0.2) is 5.69 Å². The van der Waals surface area contributed by atoms with E-state index in [1.165, 1.54) is 6.07 Å². The van der Waals surface area contributed by atoms with Crippen molar-refractivity contribution in [3.8, 4) is 0 Å². The smallest absolute Gasteiger partial charge is 0.154 e. The van der Waals surface area contributed by atoms with Crippen molar-refractivity contribution < 1.29 is 0 Å². The van der Waals surface area contributed by atoms with E-state index in [-0.39, 0.29) is 16.4 Å². The lowest BCUT2D eigenvalue weighted by Crippen LogP contribution is -1.76. The van der Waals surface area contributed by atoms with Crippen LogP contribution in [0.25, 0.3) is 0 Å². The highest BCUT2D eigenvalue weighted by Gasteiger charge is 2.08. The van der Waals surface area contributed by atoms with Gasteiger partial charge in [-0.25, -0.2) is 0 Å². The van der Waals surface area contributed by atoms with Crippen molar-refractivity contribution in [3.63, 3.8) is 0 Å². The highest BCUT2D eigenvalue weighted by molar-refractivity contribution is 9.10. The Hall–Kier alpha value is -1.01. The average Bonchev–Trinajstić information content (AvgIpc) is 2.04. The minimum Gasteiger partial charge on any atom is -0.305 e. The van der Waals surface area contributed by atoms with Gasteiger partial charge in [-0.05, 0) is 17.3 Å². The van der Waals surface area contributed by atoms with Gasteiger partial charge in [-0.1, -0.05) is 32.8 Å². The molecule has 7 heteroatoms. The molecule has 0 spiro atoms. The normalized spacial score (nSPS) is 10.6. The Morgan fingerprint density at radius 2 is 2.15 bits per heavy atom. The molecule has 13 heavy (non-hydrogen) atoms. The van der Waals surface area contributed by atoms with E-state index in [2.05, 4.69) is 31.4 Å². The summed E-state index contributed by atoms with van der Waals surface area (Å²) >= 11 is 8.88. The number of halogens is 2. The third-order valence-corrected chi connectivity index (χ3v) is 2.01. The molecule has 0 amide bonds. The van der Waals surface area contributed by atoms with Crippen LogP contribution in [-0.4, -0.2) is 0 Å². The molecule has 2 N–H and O–H groups in total. The number of nitroso groups, excluding NO2 is 1. The maximum absolute atomic E-state index is 10.3. The minimum absolute atomic E-state index is 0.0269. The zero-order valence-corrected chi connectivity index (χ0v) is 8.58. The molecule has 5 nitrogen and oxygen atoms in total. The third kappa shape index (κ3) is 2.22. The van der Waals surface area contributed by atoms with Gasteiger partial charge in [0.2, 0.25) is 0 Å². The molecular weight excluding hydrogens is 259 g/mol. The van der Waals surface area contributed by atoms with Crippen molar-refractivity contribution in [3.05, 3.63) is 26.5 Å². The predicted octanol–water partition coefficient (Wildman–Crippen LogP) is 3.46. The fourth-order valence-electron chi connectivity index (χ4n) is 0.781. The first-order chi connectivity index (χ1) is 6.19. The molecule has 0 fully saturated rings. The summed E-state index contributed by atoms with van der Waals surface area (Å²) in [5.41, 5.74) is 0.260. The van der Waals surface area contributed by atoms with Gasteiger partial charge in [0.05, 0.1) is 5.02 Å². The Balaban J connectivity index is 3.37. The van der Waals surface area contributed by atoms with Crippen LogP contribution >= 0.6 is 27.5 Å². The Labute approximate surface area is 87.1 Å². The maximum Gasteiger partial charge on any atom is 0.154 e. The first-order valence-electron chi connectivity index (χ1n) is 3.12. The van der Waals surface area contributed by atoms with Gasteiger partial charge in [-0.15, -0.1) is 10.0 Å². The monoisotopic (exact) mass is 262 g/mol. The Bertz CT molecular complexity index is 368. The molecule has 0 aromatic heterocycles. The number of nitrogens with two attached hydrogens (primary N) is 1. The van der Waals surface area contributed by atoms with Crippen LogP contribution in [0.5, 0.6) is 0 Å². The highest BCUT2D eigenvalue weighted by atomic mass is 79.9. The van der Waals surface area contributed by atoms with Crippen molar-refractivity contribution in [2.45, 2.75) is 0 Å². The van der Waals surface area contributed by atoms with E-state index in [0.29, 0.717) is 4.47 Å². The Morgan fingerprint density at radius 1 is 1.46 bits per heavy atom. The third-order valence-electron chi connectivity index (χ3n) is 1.26. The van der Waals surface area contributed by atoms with Crippen molar-refractivity contribution in [2.24, 2.45) is 21.4 Å².